The molecule has 0 saturated heterocycles. The Labute approximate surface area is 145 Å². The molecule has 0 atom stereocenters. The van der Waals surface area contributed by atoms with Crippen LogP contribution >= 0.6 is 11.6 Å². The van der Waals surface area contributed by atoms with Crippen molar-refractivity contribution in [2.75, 3.05) is 5.32 Å². The van der Waals surface area contributed by atoms with Crippen molar-refractivity contribution in [3.05, 3.63) is 59.9 Å². The van der Waals surface area contributed by atoms with Crippen LogP contribution in [0, 0.1) is 0 Å². The van der Waals surface area contributed by atoms with Crippen LogP contribution in [0.4, 0.5) is 23.7 Å². The minimum Gasteiger partial charge on any atom is -0.425 e. The van der Waals surface area contributed by atoms with Crippen molar-refractivity contribution in [1.29, 1.82) is 0 Å². The zero-order valence-electron chi connectivity index (χ0n) is 12.6. The van der Waals surface area contributed by atoms with Crippen molar-refractivity contribution in [3.63, 3.8) is 0 Å². The third-order valence-electron chi connectivity index (χ3n) is 2.97. The Morgan fingerprint density at radius 3 is 2.68 bits per heavy atom. The number of hydrogen-bond acceptors (Lipinski definition) is 3. The Bertz CT molecular complexity index is 815. The number of esters is 1. The van der Waals surface area contributed by atoms with Gasteiger partial charge in [-0.2, -0.15) is 13.2 Å². The fourth-order valence-corrected chi connectivity index (χ4v) is 2.09. The highest BCUT2D eigenvalue weighted by atomic mass is 35.5. The second kappa shape index (κ2) is 7.43. The van der Waals surface area contributed by atoms with E-state index >= 15 is 0 Å². The molecule has 1 heterocycles. The molecular weight excluding hydrogens is 361 g/mol. The predicted molar refractivity (Wildman–Crippen MR) is 85.8 cm³/mol. The third-order valence-corrected chi connectivity index (χ3v) is 3.30. The zero-order chi connectivity index (χ0) is 18.6. The second-order valence-electron chi connectivity index (χ2n) is 4.84. The van der Waals surface area contributed by atoms with E-state index in [-0.39, 0.29) is 17.9 Å². The molecule has 0 radical (unpaired) electrons. The molecule has 1 aromatic carbocycles. The summed E-state index contributed by atoms with van der Waals surface area (Å²) in [5.41, 5.74) is -1.14. The van der Waals surface area contributed by atoms with Gasteiger partial charge in [-0.05, 0) is 24.3 Å². The fraction of sp³-hybridized carbons (Fsp3) is 0.125. The quantitative estimate of drug-likeness (QED) is 0.624. The molecule has 1 N–H and O–H groups in total. The van der Waals surface area contributed by atoms with Crippen LogP contribution in [0.1, 0.15) is 12.0 Å². The third kappa shape index (κ3) is 4.87. The maximum absolute atomic E-state index is 12.8. The van der Waals surface area contributed by atoms with Crippen LogP contribution in [0.25, 0.3) is 0 Å². The second-order valence-corrected chi connectivity index (χ2v) is 5.25. The van der Waals surface area contributed by atoms with Crippen molar-refractivity contribution in [1.82, 2.24) is 4.57 Å². The van der Waals surface area contributed by atoms with Crippen LogP contribution in [0.5, 0.6) is 5.75 Å². The van der Waals surface area contributed by atoms with Gasteiger partial charge in [0.2, 0.25) is 0 Å². The lowest BCUT2D eigenvalue weighted by Crippen LogP contribution is -2.18. The number of amides is 1. The van der Waals surface area contributed by atoms with Crippen LogP contribution < -0.4 is 10.1 Å². The number of carbonyl (C=O) groups excluding carboxylic acids is 2. The molecule has 0 unspecified atom stereocenters. The summed E-state index contributed by atoms with van der Waals surface area (Å²) in [5.74, 6) is -0.435. The molecule has 0 aliphatic heterocycles. The number of hydrogen-bond donors (Lipinski definition) is 1. The lowest BCUT2D eigenvalue weighted by molar-refractivity contribution is -0.137. The molecule has 5 nitrogen and oxygen atoms in total. The molecule has 0 fully saturated rings. The largest absolute Gasteiger partial charge is 0.425 e. The summed E-state index contributed by atoms with van der Waals surface area (Å²) < 4.78 is 44.4. The molecule has 0 bridgehead atoms. The number of benzene rings is 1. The Balaban J connectivity index is 2.11. The number of aromatic nitrogens is 1. The van der Waals surface area contributed by atoms with Gasteiger partial charge < -0.3 is 10.1 Å². The molecule has 1 amide bonds. The summed E-state index contributed by atoms with van der Waals surface area (Å²) in [7, 11) is 0. The van der Waals surface area contributed by atoms with Gasteiger partial charge in [-0.15, -0.1) is 6.58 Å². The molecule has 2 aromatic rings. The summed E-state index contributed by atoms with van der Waals surface area (Å²) >= 11 is 5.52. The number of anilines is 1. The van der Waals surface area contributed by atoms with E-state index in [9.17, 15) is 22.8 Å². The van der Waals surface area contributed by atoms with Crippen LogP contribution in [-0.4, -0.2) is 16.6 Å². The van der Waals surface area contributed by atoms with Crippen LogP contribution in [0.15, 0.2) is 49.3 Å². The van der Waals surface area contributed by atoms with Gasteiger partial charge in [0, 0.05) is 11.9 Å². The average Bonchev–Trinajstić information content (AvgIpc) is 2.96. The summed E-state index contributed by atoms with van der Waals surface area (Å²) in [4.78, 5) is 23.4. The van der Waals surface area contributed by atoms with E-state index in [0.717, 1.165) is 16.7 Å². The Morgan fingerprint density at radius 2 is 2.04 bits per heavy atom. The maximum atomic E-state index is 12.8. The van der Waals surface area contributed by atoms with E-state index in [2.05, 4.69) is 11.9 Å². The first kappa shape index (κ1) is 18.6. The monoisotopic (exact) mass is 372 g/mol. The SMILES string of the molecule is C=CCC(=O)Oc1ccn(C(=O)Nc2ccc(Cl)c(C(F)(F)F)c2)c1. The Morgan fingerprint density at radius 1 is 1.32 bits per heavy atom. The van der Waals surface area contributed by atoms with E-state index in [1.807, 2.05) is 0 Å². The van der Waals surface area contributed by atoms with Gasteiger partial charge in [-0.25, -0.2) is 4.79 Å². The van der Waals surface area contributed by atoms with E-state index in [1.165, 1.54) is 30.6 Å². The summed E-state index contributed by atoms with van der Waals surface area (Å²) in [6, 6.07) is 3.64. The minimum absolute atomic E-state index is 0.00235. The molecule has 0 spiro atoms. The lowest BCUT2D eigenvalue weighted by Gasteiger charge is -2.12. The summed E-state index contributed by atoms with van der Waals surface area (Å²) in [5, 5.41) is 1.83. The van der Waals surface area contributed by atoms with Gasteiger partial charge in [0.1, 0.15) is 5.75 Å². The van der Waals surface area contributed by atoms with Crippen molar-refractivity contribution in [3.8, 4) is 5.75 Å². The van der Waals surface area contributed by atoms with Crippen molar-refractivity contribution >= 4 is 29.3 Å². The normalized spacial score (nSPS) is 11.0. The smallest absolute Gasteiger partial charge is 0.417 e. The first-order chi connectivity index (χ1) is 11.7. The van der Waals surface area contributed by atoms with Crippen LogP contribution in [-0.2, 0) is 11.0 Å². The number of ether oxygens (including phenoxy) is 1. The first-order valence-electron chi connectivity index (χ1n) is 6.88. The molecule has 1 aromatic heterocycles. The predicted octanol–water partition coefficient (Wildman–Crippen LogP) is 4.72. The van der Waals surface area contributed by atoms with Gasteiger partial charge in [0.15, 0.2) is 0 Å². The lowest BCUT2D eigenvalue weighted by atomic mass is 10.2. The molecule has 2 rings (SSSR count). The molecular formula is C16H12ClF3N2O3. The van der Waals surface area contributed by atoms with Crippen molar-refractivity contribution < 1.29 is 27.5 Å². The van der Waals surface area contributed by atoms with Gasteiger partial charge in [0.05, 0.1) is 23.2 Å². The molecule has 0 aliphatic rings. The van der Waals surface area contributed by atoms with Crippen LogP contribution in [0.2, 0.25) is 5.02 Å². The van der Waals surface area contributed by atoms with Gasteiger partial charge in [0.25, 0.3) is 0 Å². The molecule has 0 aliphatic carbocycles. The highest BCUT2D eigenvalue weighted by Gasteiger charge is 2.33. The minimum atomic E-state index is -4.64. The topological polar surface area (TPSA) is 60.3 Å². The van der Waals surface area contributed by atoms with E-state index < -0.39 is 28.8 Å². The van der Waals surface area contributed by atoms with E-state index in [1.54, 1.807) is 0 Å². The molecule has 0 saturated carbocycles. The van der Waals surface area contributed by atoms with E-state index in [4.69, 9.17) is 16.3 Å². The highest BCUT2D eigenvalue weighted by molar-refractivity contribution is 6.31. The first-order valence-corrected chi connectivity index (χ1v) is 7.26. The number of nitrogens with zero attached hydrogens (tertiary/aromatic N) is 1. The number of carbonyl (C=O) groups is 2. The van der Waals surface area contributed by atoms with Crippen molar-refractivity contribution in [2.45, 2.75) is 12.6 Å². The molecule has 25 heavy (non-hydrogen) atoms. The van der Waals surface area contributed by atoms with Gasteiger partial charge >= 0.3 is 18.2 Å². The van der Waals surface area contributed by atoms with Crippen LogP contribution in [0.3, 0.4) is 0 Å². The summed E-state index contributed by atoms with van der Waals surface area (Å²) in [6.45, 7) is 3.39. The standard InChI is InChI=1S/C16H12ClF3N2O3/c1-2-3-14(23)25-11-6-7-22(9-11)15(24)21-10-4-5-13(17)12(8-10)16(18,19)20/h2,4-9H,1,3H2,(H,21,24). The van der Waals surface area contributed by atoms with Gasteiger partial charge in [-0.1, -0.05) is 17.7 Å². The number of halogens is 4. The molecule has 132 valence electrons. The fourth-order valence-electron chi connectivity index (χ4n) is 1.86. The van der Waals surface area contributed by atoms with Gasteiger partial charge in [-0.3, -0.25) is 9.36 Å². The van der Waals surface area contributed by atoms with Crippen molar-refractivity contribution in [2.24, 2.45) is 0 Å². The number of rotatable bonds is 4. The highest BCUT2D eigenvalue weighted by Crippen LogP contribution is 2.36. The number of alkyl halides is 3. The maximum Gasteiger partial charge on any atom is 0.417 e. The molecule has 9 heteroatoms. The zero-order valence-corrected chi connectivity index (χ0v) is 13.4. The number of nitrogens with one attached hydrogen (secondary N) is 1. The average molecular weight is 373 g/mol. The Kier molecular flexibility index (Phi) is 5.53. The summed E-state index contributed by atoms with van der Waals surface area (Å²) in [6.07, 6.45) is -0.756. The Hall–Kier alpha value is -2.74. The van der Waals surface area contributed by atoms with E-state index in [0.29, 0.717) is 0 Å².